The van der Waals surface area contributed by atoms with Gasteiger partial charge in [-0.15, -0.1) is 0 Å². The van der Waals surface area contributed by atoms with Crippen molar-refractivity contribution >= 4 is 0 Å². The molecule has 0 saturated carbocycles. The van der Waals surface area contributed by atoms with Gasteiger partial charge < -0.3 is 14.6 Å². The van der Waals surface area contributed by atoms with Crippen molar-refractivity contribution in [3.8, 4) is 0 Å². The van der Waals surface area contributed by atoms with Crippen LogP contribution in [0.25, 0.3) is 0 Å². The number of hydrogen-bond donors (Lipinski definition) is 1. The van der Waals surface area contributed by atoms with Gasteiger partial charge in [0.15, 0.2) is 5.79 Å². The highest BCUT2D eigenvalue weighted by atomic mass is 16.7. The van der Waals surface area contributed by atoms with Gasteiger partial charge in [-0.1, -0.05) is 23.3 Å². The minimum Gasteiger partial charge on any atom is -0.387 e. The SMILES string of the molecule is CO[C@]1(C)CC[C@H]([C@@](C)(O)CC/C=C(\C)CCC=C(C)C)O1. The second-order valence-corrected chi connectivity index (χ2v) is 7.25. The molecule has 0 aromatic heterocycles. The molecular weight excluding hydrogens is 276 g/mol. The maximum atomic E-state index is 10.7. The van der Waals surface area contributed by atoms with Gasteiger partial charge >= 0.3 is 0 Å². The molecule has 0 radical (unpaired) electrons. The van der Waals surface area contributed by atoms with Crippen LogP contribution in [0.3, 0.4) is 0 Å². The molecule has 0 bridgehead atoms. The van der Waals surface area contributed by atoms with Crippen LogP contribution in [-0.2, 0) is 9.47 Å². The topological polar surface area (TPSA) is 38.7 Å². The van der Waals surface area contributed by atoms with Gasteiger partial charge in [-0.3, -0.25) is 0 Å². The zero-order valence-corrected chi connectivity index (χ0v) is 15.2. The van der Waals surface area contributed by atoms with E-state index >= 15 is 0 Å². The molecule has 3 atom stereocenters. The van der Waals surface area contributed by atoms with Gasteiger partial charge in [-0.05, 0) is 66.7 Å². The zero-order chi connectivity index (χ0) is 16.8. The molecule has 1 fully saturated rings. The number of methoxy groups -OCH3 is 1. The molecule has 3 nitrogen and oxygen atoms in total. The summed E-state index contributed by atoms with van der Waals surface area (Å²) in [6.07, 6.45) is 9.85. The number of rotatable bonds is 8. The van der Waals surface area contributed by atoms with Gasteiger partial charge in [0.1, 0.15) is 0 Å². The van der Waals surface area contributed by atoms with Crippen molar-refractivity contribution in [2.24, 2.45) is 0 Å². The average molecular weight is 310 g/mol. The summed E-state index contributed by atoms with van der Waals surface area (Å²) < 4.78 is 11.3. The maximum Gasteiger partial charge on any atom is 0.165 e. The van der Waals surface area contributed by atoms with E-state index in [1.54, 1.807) is 7.11 Å². The monoisotopic (exact) mass is 310 g/mol. The Balaban J connectivity index is 2.41. The van der Waals surface area contributed by atoms with Crippen LogP contribution in [-0.4, -0.2) is 29.7 Å². The lowest BCUT2D eigenvalue weighted by Gasteiger charge is -2.32. The second kappa shape index (κ2) is 8.28. The fraction of sp³-hybridized carbons (Fsp3) is 0.789. The summed E-state index contributed by atoms with van der Waals surface area (Å²) in [5, 5.41) is 10.7. The number of aliphatic hydroxyl groups is 1. The van der Waals surface area contributed by atoms with Gasteiger partial charge in [0.25, 0.3) is 0 Å². The highest BCUT2D eigenvalue weighted by molar-refractivity contribution is 5.03. The van der Waals surface area contributed by atoms with Gasteiger partial charge in [0.2, 0.25) is 0 Å². The van der Waals surface area contributed by atoms with Crippen molar-refractivity contribution in [2.75, 3.05) is 7.11 Å². The van der Waals surface area contributed by atoms with Gasteiger partial charge in [0.05, 0.1) is 11.7 Å². The molecule has 0 unspecified atom stereocenters. The van der Waals surface area contributed by atoms with Gasteiger partial charge in [-0.25, -0.2) is 0 Å². The maximum absolute atomic E-state index is 10.7. The summed E-state index contributed by atoms with van der Waals surface area (Å²) >= 11 is 0. The van der Waals surface area contributed by atoms with Crippen LogP contribution in [0.4, 0.5) is 0 Å². The number of allylic oxidation sites excluding steroid dienone is 4. The highest BCUT2D eigenvalue weighted by Crippen LogP contribution is 2.37. The van der Waals surface area contributed by atoms with E-state index in [1.807, 2.05) is 13.8 Å². The molecule has 0 aromatic rings. The van der Waals surface area contributed by atoms with E-state index in [4.69, 9.17) is 9.47 Å². The molecule has 0 aliphatic carbocycles. The minimum atomic E-state index is -0.799. The molecule has 22 heavy (non-hydrogen) atoms. The van der Waals surface area contributed by atoms with Crippen molar-refractivity contribution in [1.29, 1.82) is 0 Å². The smallest absolute Gasteiger partial charge is 0.165 e. The zero-order valence-electron chi connectivity index (χ0n) is 15.2. The fourth-order valence-electron chi connectivity index (χ4n) is 2.86. The largest absolute Gasteiger partial charge is 0.387 e. The number of hydrogen-bond acceptors (Lipinski definition) is 3. The van der Waals surface area contributed by atoms with Crippen molar-refractivity contribution in [1.82, 2.24) is 0 Å². The first kappa shape index (κ1) is 19.4. The molecule has 128 valence electrons. The van der Waals surface area contributed by atoms with Crippen molar-refractivity contribution < 1.29 is 14.6 Å². The first-order valence-corrected chi connectivity index (χ1v) is 8.43. The Bertz CT molecular complexity index is 405. The Kier molecular flexibility index (Phi) is 7.30. The molecule has 1 aliphatic rings. The second-order valence-electron chi connectivity index (χ2n) is 7.25. The van der Waals surface area contributed by atoms with Gasteiger partial charge in [-0.2, -0.15) is 0 Å². The van der Waals surface area contributed by atoms with E-state index in [0.29, 0.717) is 0 Å². The minimum absolute atomic E-state index is 0.142. The van der Waals surface area contributed by atoms with Gasteiger partial charge in [0, 0.05) is 13.5 Å². The van der Waals surface area contributed by atoms with E-state index in [2.05, 4.69) is 32.9 Å². The lowest BCUT2D eigenvalue weighted by molar-refractivity contribution is -0.227. The first-order valence-electron chi connectivity index (χ1n) is 8.43. The Morgan fingerprint density at radius 3 is 2.55 bits per heavy atom. The van der Waals surface area contributed by atoms with Crippen molar-refractivity contribution in [3.05, 3.63) is 23.3 Å². The molecule has 0 spiro atoms. The van der Waals surface area contributed by atoms with Crippen LogP contribution >= 0.6 is 0 Å². The molecule has 1 heterocycles. The molecule has 1 rings (SSSR count). The van der Waals surface area contributed by atoms with E-state index in [1.165, 1.54) is 11.1 Å². The van der Waals surface area contributed by atoms with Crippen LogP contribution in [0.5, 0.6) is 0 Å². The van der Waals surface area contributed by atoms with E-state index in [-0.39, 0.29) is 6.10 Å². The Morgan fingerprint density at radius 1 is 1.32 bits per heavy atom. The quantitative estimate of drug-likeness (QED) is 0.657. The lowest BCUT2D eigenvalue weighted by atomic mass is 9.91. The lowest BCUT2D eigenvalue weighted by Crippen LogP contribution is -2.41. The predicted molar refractivity (Wildman–Crippen MR) is 91.8 cm³/mol. The van der Waals surface area contributed by atoms with Crippen molar-refractivity contribution in [3.63, 3.8) is 0 Å². The summed E-state index contributed by atoms with van der Waals surface area (Å²) in [5.41, 5.74) is 1.96. The molecule has 0 amide bonds. The summed E-state index contributed by atoms with van der Waals surface area (Å²) in [5.74, 6) is -0.537. The van der Waals surface area contributed by atoms with Crippen LogP contribution in [0.2, 0.25) is 0 Å². The van der Waals surface area contributed by atoms with Crippen LogP contribution in [0.1, 0.15) is 73.1 Å². The summed E-state index contributed by atoms with van der Waals surface area (Å²) in [6.45, 7) is 10.3. The van der Waals surface area contributed by atoms with Crippen LogP contribution in [0, 0.1) is 0 Å². The molecular formula is C19H34O3. The molecule has 1 aliphatic heterocycles. The van der Waals surface area contributed by atoms with Crippen molar-refractivity contribution in [2.45, 2.75) is 90.6 Å². The molecule has 3 heteroatoms. The summed E-state index contributed by atoms with van der Waals surface area (Å²) in [4.78, 5) is 0. The third-order valence-electron chi connectivity index (χ3n) is 4.61. The Morgan fingerprint density at radius 2 is 2.00 bits per heavy atom. The van der Waals surface area contributed by atoms with E-state index in [9.17, 15) is 5.11 Å². The molecule has 0 aromatic carbocycles. The third kappa shape index (κ3) is 6.23. The standard InChI is InChI=1S/C19H34O3/c1-15(2)9-7-10-16(3)11-8-13-18(4,20)17-12-14-19(5,21-6)22-17/h9,11,17,20H,7-8,10,12-14H2,1-6H3/b16-11+/t17-,18+,19+/m1/s1. The third-order valence-corrected chi connectivity index (χ3v) is 4.61. The van der Waals surface area contributed by atoms with Crippen LogP contribution < -0.4 is 0 Å². The fourth-order valence-corrected chi connectivity index (χ4v) is 2.86. The predicted octanol–water partition coefficient (Wildman–Crippen LogP) is 4.75. The Hall–Kier alpha value is -0.640. The molecule has 1 saturated heterocycles. The van der Waals surface area contributed by atoms with E-state index in [0.717, 1.165) is 38.5 Å². The first-order chi connectivity index (χ1) is 10.2. The summed E-state index contributed by atoms with van der Waals surface area (Å²) in [6, 6.07) is 0. The summed E-state index contributed by atoms with van der Waals surface area (Å²) in [7, 11) is 1.66. The highest BCUT2D eigenvalue weighted by Gasteiger charge is 2.44. The normalized spacial score (nSPS) is 28.5. The Labute approximate surface area is 136 Å². The average Bonchev–Trinajstić information content (AvgIpc) is 2.82. The van der Waals surface area contributed by atoms with E-state index < -0.39 is 11.4 Å². The molecule has 1 N–H and O–H groups in total. The van der Waals surface area contributed by atoms with Crippen LogP contribution in [0.15, 0.2) is 23.3 Å². The number of ether oxygens (including phenoxy) is 2.